The van der Waals surface area contributed by atoms with Gasteiger partial charge < -0.3 is 19.7 Å². The van der Waals surface area contributed by atoms with Crippen molar-refractivity contribution in [2.75, 3.05) is 53.9 Å². The van der Waals surface area contributed by atoms with Crippen molar-refractivity contribution >= 4 is 16.6 Å². The van der Waals surface area contributed by atoms with Gasteiger partial charge in [-0.25, -0.2) is 0 Å². The second kappa shape index (κ2) is 11.3. The Labute approximate surface area is 225 Å². The number of pyridine rings is 2. The van der Waals surface area contributed by atoms with Gasteiger partial charge in [0, 0.05) is 66.5 Å². The molecule has 198 valence electrons. The highest BCUT2D eigenvalue weighted by atomic mass is 15.3. The highest BCUT2D eigenvalue weighted by Crippen LogP contribution is 2.33. The van der Waals surface area contributed by atoms with E-state index in [0.29, 0.717) is 0 Å². The number of H-pyrrole nitrogens is 2. The van der Waals surface area contributed by atoms with Crippen LogP contribution in [0, 0.1) is 6.92 Å². The summed E-state index contributed by atoms with van der Waals surface area (Å²) in [5.41, 5.74) is 9.45. The van der Waals surface area contributed by atoms with E-state index in [0.717, 1.165) is 84.8 Å². The molecule has 0 spiro atoms. The van der Waals surface area contributed by atoms with Crippen molar-refractivity contribution in [3.05, 3.63) is 72.3 Å². The molecule has 0 amide bonds. The summed E-state index contributed by atoms with van der Waals surface area (Å²) in [6.07, 6.45) is 11.8. The van der Waals surface area contributed by atoms with Crippen LogP contribution >= 0.6 is 0 Å². The van der Waals surface area contributed by atoms with Crippen molar-refractivity contribution in [3.8, 4) is 22.6 Å². The fourth-order valence-corrected chi connectivity index (χ4v) is 5.12. The molecule has 1 aliphatic rings. The van der Waals surface area contributed by atoms with Crippen molar-refractivity contribution in [1.29, 1.82) is 0 Å². The van der Waals surface area contributed by atoms with Gasteiger partial charge >= 0.3 is 0 Å². The van der Waals surface area contributed by atoms with Crippen molar-refractivity contribution in [2.24, 2.45) is 0 Å². The van der Waals surface area contributed by atoms with E-state index in [4.69, 9.17) is 4.98 Å². The number of aromatic amines is 2. The average molecular weight is 511 g/mol. The summed E-state index contributed by atoms with van der Waals surface area (Å²) >= 11 is 0. The van der Waals surface area contributed by atoms with Gasteiger partial charge in [-0.15, -0.1) is 0 Å². The monoisotopic (exact) mass is 510 g/mol. The first-order valence-corrected chi connectivity index (χ1v) is 13.3. The molecule has 1 aliphatic heterocycles. The minimum Gasteiger partial charge on any atom is -0.368 e. The lowest BCUT2D eigenvalue weighted by atomic mass is 10.1. The molecule has 38 heavy (non-hydrogen) atoms. The van der Waals surface area contributed by atoms with E-state index in [2.05, 4.69) is 93.8 Å². The number of nitrogens with zero attached hydrogens (tertiary/aromatic N) is 6. The molecule has 0 bridgehead atoms. The zero-order valence-corrected chi connectivity index (χ0v) is 23.0. The van der Waals surface area contributed by atoms with Gasteiger partial charge in [-0.1, -0.05) is 12.7 Å². The zero-order valence-electron chi connectivity index (χ0n) is 23.0. The van der Waals surface area contributed by atoms with Crippen LogP contribution in [0.2, 0.25) is 0 Å². The molecular formula is C30H38N8. The van der Waals surface area contributed by atoms with E-state index in [1.54, 1.807) is 0 Å². The smallest absolute Gasteiger partial charge is 0.116 e. The van der Waals surface area contributed by atoms with Crippen LogP contribution in [0.15, 0.2) is 55.5 Å². The van der Waals surface area contributed by atoms with Crippen molar-refractivity contribution in [3.63, 3.8) is 0 Å². The SMILES string of the molecule is C=C/C=C(\c1cc(-c2n[nH]c3cnc(-c4cncc(CCCN(C)C)c4)cc23)[nH]c1C)N1CCN(C)CC1. The summed E-state index contributed by atoms with van der Waals surface area (Å²) < 4.78 is 0. The fourth-order valence-electron chi connectivity index (χ4n) is 5.12. The summed E-state index contributed by atoms with van der Waals surface area (Å²) in [4.78, 5) is 19.8. The molecule has 0 radical (unpaired) electrons. The predicted molar refractivity (Wildman–Crippen MR) is 156 cm³/mol. The van der Waals surface area contributed by atoms with Crippen LogP contribution in [-0.2, 0) is 6.42 Å². The van der Waals surface area contributed by atoms with Gasteiger partial charge in [0.2, 0.25) is 0 Å². The van der Waals surface area contributed by atoms with Crippen molar-refractivity contribution < 1.29 is 0 Å². The Morgan fingerprint density at radius 3 is 2.68 bits per heavy atom. The lowest BCUT2D eigenvalue weighted by Crippen LogP contribution is -2.43. The highest BCUT2D eigenvalue weighted by Gasteiger charge is 2.21. The van der Waals surface area contributed by atoms with E-state index < -0.39 is 0 Å². The first kappa shape index (κ1) is 25.9. The first-order chi connectivity index (χ1) is 18.4. The molecule has 5 heterocycles. The van der Waals surface area contributed by atoms with Gasteiger partial charge in [0.15, 0.2) is 0 Å². The molecule has 8 heteroatoms. The number of rotatable bonds is 9. The van der Waals surface area contributed by atoms with Gasteiger partial charge in [0.05, 0.1) is 23.1 Å². The Kier molecular flexibility index (Phi) is 7.72. The number of nitrogens with one attached hydrogen (secondary N) is 2. The number of hydrogen-bond donors (Lipinski definition) is 2. The predicted octanol–water partition coefficient (Wildman–Crippen LogP) is 4.59. The van der Waals surface area contributed by atoms with Crippen molar-refractivity contribution in [1.82, 2.24) is 39.8 Å². The van der Waals surface area contributed by atoms with Crippen molar-refractivity contribution in [2.45, 2.75) is 19.8 Å². The Bertz CT molecular complexity index is 1440. The van der Waals surface area contributed by atoms with Crippen LogP contribution in [-0.4, -0.2) is 93.7 Å². The molecule has 0 saturated carbocycles. The summed E-state index contributed by atoms with van der Waals surface area (Å²) in [6, 6.07) is 6.53. The maximum atomic E-state index is 4.72. The molecule has 0 aliphatic carbocycles. The van der Waals surface area contributed by atoms with Crippen LogP contribution in [0.4, 0.5) is 0 Å². The molecular weight excluding hydrogens is 472 g/mol. The standard InChI is InChI=1S/C30H38N8/c1-6-8-29(38-13-11-37(5)12-14-38)24-16-27(33-21(24)2)30-25-17-26(32-20-28(25)34-35-30)23-15-22(18-31-19-23)9-7-10-36(3)4/h6,8,15-20,33H,1,7,9-14H2,2-5H3,(H,34,35)/b29-8+. The van der Waals surface area contributed by atoms with Crippen LogP contribution in [0.3, 0.4) is 0 Å². The summed E-state index contributed by atoms with van der Waals surface area (Å²) in [5.74, 6) is 0. The van der Waals surface area contributed by atoms with E-state index in [9.17, 15) is 0 Å². The molecule has 8 nitrogen and oxygen atoms in total. The molecule has 4 aromatic heterocycles. The third-order valence-corrected chi connectivity index (χ3v) is 7.27. The molecule has 1 fully saturated rings. The van der Waals surface area contributed by atoms with E-state index in [1.807, 2.05) is 24.7 Å². The Morgan fingerprint density at radius 2 is 1.92 bits per heavy atom. The Hall–Kier alpha value is -3.75. The van der Waals surface area contributed by atoms with Crippen LogP contribution in [0.5, 0.6) is 0 Å². The van der Waals surface area contributed by atoms with E-state index in [-0.39, 0.29) is 0 Å². The van der Waals surface area contributed by atoms with Gasteiger partial charge in [0.25, 0.3) is 0 Å². The second-order valence-corrected chi connectivity index (χ2v) is 10.5. The maximum absolute atomic E-state index is 4.72. The Balaban J connectivity index is 1.45. The lowest BCUT2D eigenvalue weighted by molar-refractivity contribution is 0.207. The molecule has 1 saturated heterocycles. The molecule has 0 unspecified atom stereocenters. The topological polar surface area (TPSA) is 80.0 Å². The van der Waals surface area contributed by atoms with Gasteiger partial charge in [-0.2, -0.15) is 5.10 Å². The molecule has 5 rings (SSSR count). The molecule has 0 aromatic carbocycles. The number of likely N-dealkylation sites (N-methyl/N-ethyl adjacent to an activating group) is 1. The second-order valence-electron chi connectivity index (χ2n) is 10.5. The minimum atomic E-state index is 0.893. The summed E-state index contributed by atoms with van der Waals surface area (Å²) in [5, 5.41) is 8.88. The summed E-state index contributed by atoms with van der Waals surface area (Å²) in [7, 11) is 6.39. The average Bonchev–Trinajstić information content (AvgIpc) is 3.50. The van der Waals surface area contributed by atoms with E-state index in [1.165, 1.54) is 16.8 Å². The third-order valence-electron chi connectivity index (χ3n) is 7.27. The van der Waals surface area contributed by atoms with Crippen LogP contribution in [0.1, 0.15) is 23.2 Å². The third kappa shape index (κ3) is 5.56. The minimum absolute atomic E-state index is 0.893. The highest BCUT2D eigenvalue weighted by molar-refractivity contribution is 5.94. The quantitative estimate of drug-likeness (QED) is 0.321. The van der Waals surface area contributed by atoms with Gasteiger partial charge in [-0.3, -0.25) is 15.1 Å². The summed E-state index contributed by atoms with van der Waals surface area (Å²) in [6.45, 7) is 11.3. The number of fused-ring (bicyclic) bond motifs is 1. The zero-order chi connectivity index (χ0) is 26.6. The van der Waals surface area contributed by atoms with Gasteiger partial charge in [0.1, 0.15) is 5.69 Å². The van der Waals surface area contributed by atoms with Crippen LogP contribution in [0.25, 0.3) is 39.2 Å². The molecule has 0 atom stereocenters. The number of allylic oxidation sites excluding steroid dienone is 2. The Morgan fingerprint density at radius 1 is 1.11 bits per heavy atom. The van der Waals surface area contributed by atoms with Crippen LogP contribution < -0.4 is 0 Å². The lowest BCUT2D eigenvalue weighted by Gasteiger charge is -2.35. The van der Waals surface area contributed by atoms with E-state index >= 15 is 0 Å². The number of aryl methyl sites for hydroxylation is 2. The maximum Gasteiger partial charge on any atom is 0.116 e. The number of hydrogen-bond acceptors (Lipinski definition) is 6. The van der Waals surface area contributed by atoms with Gasteiger partial charge in [-0.05, 0) is 77.3 Å². The fraction of sp³-hybridized carbons (Fsp3) is 0.367. The number of aromatic nitrogens is 5. The normalized spacial score (nSPS) is 15.1. The largest absolute Gasteiger partial charge is 0.368 e. The molecule has 4 aromatic rings. The number of piperazine rings is 1. The molecule has 2 N–H and O–H groups in total. The first-order valence-electron chi connectivity index (χ1n) is 13.3.